The second kappa shape index (κ2) is 7.00. The Labute approximate surface area is 149 Å². The first-order chi connectivity index (χ1) is 11.9. The lowest BCUT2D eigenvalue weighted by Crippen LogP contribution is -2.34. The molecule has 0 saturated heterocycles. The normalized spacial score (nSPS) is 15.9. The molecule has 1 aliphatic rings. The predicted molar refractivity (Wildman–Crippen MR) is 98.4 cm³/mol. The van der Waals surface area contributed by atoms with Gasteiger partial charge in [-0.05, 0) is 37.5 Å². The molecule has 1 saturated carbocycles. The van der Waals surface area contributed by atoms with Crippen molar-refractivity contribution in [3.63, 3.8) is 0 Å². The highest BCUT2D eigenvalue weighted by Gasteiger charge is 2.25. The van der Waals surface area contributed by atoms with Crippen molar-refractivity contribution in [2.75, 3.05) is 17.7 Å². The Kier molecular flexibility index (Phi) is 4.94. The molecule has 1 aliphatic carbocycles. The minimum atomic E-state index is -3.73. The van der Waals surface area contributed by atoms with Gasteiger partial charge in [0.15, 0.2) is 0 Å². The zero-order chi connectivity index (χ0) is 18.0. The van der Waals surface area contributed by atoms with Gasteiger partial charge in [-0.25, -0.2) is 13.4 Å². The molecule has 134 valence electrons. The Morgan fingerprint density at radius 1 is 1.20 bits per heavy atom. The molecular weight excluding hydrogens is 336 g/mol. The summed E-state index contributed by atoms with van der Waals surface area (Å²) >= 11 is 0. The predicted octanol–water partition coefficient (Wildman–Crippen LogP) is 2.97. The molecule has 3 rings (SSSR count). The van der Waals surface area contributed by atoms with E-state index in [4.69, 9.17) is 5.73 Å². The van der Waals surface area contributed by atoms with Crippen LogP contribution in [0.25, 0.3) is 0 Å². The number of hydrogen-bond acceptors (Lipinski definition) is 6. The van der Waals surface area contributed by atoms with Gasteiger partial charge in [0.2, 0.25) is 15.8 Å². The first-order valence-corrected chi connectivity index (χ1v) is 10.0. The molecule has 7 heteroatoms. The van der Waals surface area contributed by atoms with Gasteiger partial charge in [-0.1, -0.05) is 31.4 Å². The summed E-state index contributed by atoms with van der Waals surface area (Å²) in [5.41, 5.74) is 6.86. The van der Waals surface area contributed by atoms with Gasteiger partial charge in [0.05, 0.1) is 11.1 Å². The van der Waals surface area contributed by atoms with Crippen molar-refractivity contribution in [3.8, 4) is 0 Å². The van der Waals surface area contributed by atoms with Gasteiger partial charge in [-0.2, -0.15) is 4.98 Å². The topological polar surface area (TPSA) is 89.2 Å². The second-order valence-corrected chi connectivity index (χ2v) is 8.56. The number of benzene rings is 1. The largest absolute Gasteiger partial charge is 0.382 e. The van der Waals surface area contributed by atoms with E-state index in [0.29, 0.717) is 12.0 Å². The van der Waals surface area contributed by atoms with Crippen LogP contribution >= 0.6 is 0 Å². The highest BCUT2D eigenvalue weighted by atomic mass is 32.2. The Balaban J connectivity index is 1.91. The van der Waals surface area contributed by atoms with Crippen molar-refractivity contribution < 1.29 is 8.42 Å². The van der Waals surface area contributed by atoms with Crippen molar-refractivity contribution in [1.82, 2.24) is 9.97 Å². The molecule has 1 heterocycles. The van der Waals surface area contributed by atoms with Crippen molar-refractivity contribution in [1.29, 1.82) is 0 Å². The van der Waals surface area contributed by atoms with E-state index < -0.39 is 9.84 Å². The third-order valence-electron chi connectivity index (χ3n) is 4.80. The number of nitrogen functional groups attached to an aromatic ring is 1. The minimum absolute atomic E-state index is 0.00540. The Hall–Kier alpha value is -2.15. The monoisotopic (exact) mass is 360 g/mol. The standard InChI is InChI=1S/C18H24N4O2S/c1-13-7-6-10-15(11-13)25(23,24)16-12-20-18(21-17(16)19)22(2)14-8-4-3-5-9-14/h6-7,10-12,14H,3-5,8-9H2,1-2H3,(H2,19,20,21). The Bertz CT molecular complexity index is 861. The first-order valence-electron chi connectivity index (χ1n) is 8.56. The zero-order valence-electron chi connectivity index (χ0n) is 14.6. The van der Waals surface area contributed by atoms with E-state index >= 15 is 0 Å². The van der Waals surface area contributed by atoms with Crippen LogP contribution in [0.2, 0.25) is 0 Å². The molecule has 0 aliphatic heterocycles. The van der Waals surface area contributed by atoms with Gasteiger partial charge in [0, 0.05) is 13.1 Å². The van der Waals surface area contributed by atoms with Gasteiger partial charge < -0.3 is 10.6 Å². The Morgan fingerprint density at radius 3 is 2.56 bits per heavy atom. The van der Waals surface area contributed by atoms with E-state index in [1.54, 1.807) is 18.2 Å². The maximum atomic E-state index is 12.8. The highest BCUT2D eigenvalue weighted by Crippen LogP contribution is 2.28. The average molecular weight is 360 g/mol. The number of rotatable bonds is 4. The Morgan fingerprint density at radius 2 is 1.92 bits per heavy atom. The molecule has 0 unspecified atom stereocenters. The molecule has 0 atom stereocenters. The lowest BCUT2D eigenvalue weighted by molar-refractivity contribution is 0.424. The van der Waals surface area contributed by atoms with E-state index in [1.165, 1.54) is 25.5 Å². The summed E-state index contributed by atoms with van der Waals surface area (Å²) in [5.74, 6) is 0.474. The van der Waals surface area contributed by atoms with Gasteiger partial charge >= 0.3 is 0 Å². The molecule has 0 radical (unpaired) electrons. The fourth-order valence-corrected chi connectivity index (χ4v) is 4.66. The van der Waals surface area contributed by atoms with Crippen LogP contribution in [0.3, 0.4) is 0 Å². The first kappa shape index (κ1) is 17.7. The van der Waals surface area contributed by atoms with Gasteiger partial charge in [0.25, 0.3) is 0 Å². The SMILES string of the molecule is Cc1cccc(S(=O)(=O)c2cnc(N(C)C3CCCCC3)nc2N)c1. The summed E-state index contributed by atoms with van der Waals surface area (Å²) < 4.78 is 25.6. The van der Waals surface area contributed by atoms with Crippen LogP contribution < -0.4 is 10.6 Å². The summed E-state index contributed by atoms with van der Waals surface area (Å²) in [6.45, 7) is 1.85. The van der Waals surface area contributed by atoms with E-state index in [9.17, 15) is 8.42 Å². The molecule has 1 aromatic heterocycles. The third-order valence-corrected chi connectivity index (χ3v) is 6.57. The summed E-state index contributed by atoms with van der Waals surface area (Å²) in [6.07, 6.45) is 7.19. The van der Waals surface area contributed by atoms with Crippen molar-refractivity contribution in [2.45, 2.75) is 54.9 Å². The highest BCUT2D eigenvalue weighted by molar-refractivity contribution is 7.91. The van der Waals surface area contributed by atoms with Crippen LogP contribution in [0.4, 0.5) is 11.8 Å². The lowest BCUT2D eigenvalue weighted by Gasteiger charge is -2.31. The van der Waals surface area contributed by atoms with Crippen LogP contribution in [0.15, 0.2) is 40.3 Å². The molecule has 0 bridgehead atoms. The molecule has 25 heavy (non-hydrogen) atoms. The molecule has 1 fully saturated rings. The summed E-state index contributed by atoms with van der Waals surface area (Å²) in [7, 11) is -1.78. The number of aromatic nitrogens is 2. The summed E-state index contributed by atoms with van der Waals surface area (Å²) in [4.78, 5) is 10.7. The van der Waals surface area contributed by atoms with Crippen LogP contribution in [-0.2, 0) is 9.84 Å². The van der Waals surface area contributed by atoms with Crippen LogP contribution in [0, 0.1) is 6.92 Å². The van der Waals surface area contributed by atoms with Gasteiger partial charge in [-0.15, -0.1) is 0 Å². The number of nitrogens with zero attached hydrogens (tertiary/aromatic N) is 3. The smallest absolute Gasteiger partial charge is 0.227 e. The molecule has 0 amide bonds. The maximum Gasteiger partial charge on any atom is 0.227 e. The fraction of sp³-hybridized carbons (Fsp3) is 0.444. The van der Waals surface area contributed by atoms with Crippen molar-refractivity contribution in [3.05, 3.63) is 36.0 Å². The lowest BCUT2D eigenvalue weighted by atomic mass is 9.95. The van der Waals surface area contributed by atoms with E-state index in [-0.39, 0.29) is 15.6 Å². The van der Waals surface area contributed by atoms with Crippen molar-refractivity contribution in [2.24, 2.45) is 0 Å². The van der Waals surface area contributed by atoms with Crippen LogP contribution in [-0.4, -0.2) is 31.5 Å². The molecule has 6 nitrogen and oxygen atoms in total. The van der Waals surface area contributed by atoms with E-state index in [1.807, 2.05) is 24.9 Å². The number of nitrogens with two attached hydrogens (primary N) is 1. The third kappa shape index (κ3) is 3.61. The number of aryl methyl sites for hydroxylation is 1. The molecular formula is C18H24N4O2S. The molecule has 0 spiro atoms. The molecule has 2 aromatic rings. The maximum absolute atomic E-state index is 12.8. The van der Waals surface area contributed by atoms with Crippen molar-refractivity contribution >= 4 is 21.6 Å². The van der Waals surface area contributed by atoms with Crippen LogP contribution in [0.5, 0.6) is 0 Å². The molecule has 2 N–H and O–H groups in total. The summed E-state index contributed by atoms with van der Waals surface area (Å²) in [5, 5.41) is 0. The number of hydrogen-bond donors (Lipinski definition) is 1. The second-order valence-electron chi connectivity index (χ2n) is 6.64. The fourth-order valence-electron chi connectivity index (χ4n) is 3.29. The number of sulfone groups is 1. The number of anilines is 2. The average Bonchev–Trinajstić information content (AvgIpc) is 2.61. The van der Waals surface area contributed by atoms with Gasteiger partial charge in [-0.3, -0.25) is 0 Å². The zero-order valence-corrected chi connectivity index (χ0v) is 15.5. The molecule has 1 aromatic carbocycles. The quantitative estimate of drug-likeness (QED) is 0.901. The summed E-state index contributed by atoms with van der Waals surface area (Å²) in [6, 6.07) is 7.12. The van der Waals surface area contributed by atoms with Gasteiger partial charge in [0.1, 0.15) is 10.7 Å². The van der Waals surface area contributed by atoms with E-state index in [2.05, 4.69) is 9.97 Å². The van der Waals surface area contributed by atoms with Crippen LogP contribution in [0.1, 0.15) is 37.7 Å². The van der Waals surface area contributed by atoms with E-state index in [0.717, 1.165) is 18.4 Å². The minimum Gasteiger partial charge on any atom is -0.382 e.